The topological polar surface area (TPSA) is 46.5 Å². The number of Topliss-reactive ketones (excluding diaryl/α,β-unsaturated/α-hetero) is 1. The van der Waals surface area contributed by atoms with Gasteiger partial charge in [-0.1, -0.05) is 24.3 Å². The summed E-state index contributed by atoms with van der Waals surface area (Å²) in [7, 11) is 0. The quantitative estimate of drug-likeness (QED) is 0.685. The van der Waals surface area contributed by atoms with Gasteiger partial charge in [0, 0.05) is 12.8 Å². The molecule has 1 heterocycles. The number of carbonyl (C=O) groups excluding carboxylic acids is 1. The number of hydrogen-bond acceptors (Lipinski definition) is 3. The van der Waals surface area contributed by atoms with Crippen molar-refractivity contribution >= 4 is 5.78 Å². The van der Waals surface area contributed by atoms with Crippen molar-refractivity contribution in [3.8, 4) is 11.5 Å². The van der Waals surface area contributed by atoms with Crippen LogP contribution in [0.4, 0.5) is 0 Å². The fourth-order valence-electron chi connectivity index (χ4n) is 3.71. The van der Waals surface area contributed by atoms with Crippen molar-refractivity contribution < 1.29 is 14.6 Å². The van der Waals surface area contributed by atoms with Crippen LogP contribution >= 0.6 is 0 Å². The highest BCUT2D eigenvalue weighted by molar-refractivity contribution is 6.05. The van der Waals surface area contributed by atoms with Crippen LogP contribution in [0.1, 0.15) is 36.0 Å². The van der Waals surface area contributed by atoms with Crippen LogP contribution in [0.5, 0.6) is 11.5 Å². The van der Waals surface area contributed by atoms with Crippen molar-refractivity contribution in [2.75, 3.05) is 0 Å². The second-order valence-corrected chi connectivity index (χ2v) is 6.16. The van der Waals surface area contributed by atoms with Crippen LogP contribution < -0.4 is 4.74 Å². The second kappa shape index (κ2) is 6.91. The lowest BCUT2D eigenvalue weighted by Crippen LogP contribution is -2.59. The zero-order valence-electron chi connectivity index (χ0n) is 14.0. The average molecular weight is 324 g/mol. The van der Waals surface area contributed by atoms with E-state index in [4.69, 9.17) is 4.74 Å². The third-order valence-electron chi connectivity index (χ3n) is 4.75. The predicted octanol–water partition coefficient (Wildman–Crippen LogP) is 5.00. The first-order chi connectivity index (χ1) is 11.5. The third-order valence-corrected chi connectivity index (χ3v) is 4.75. The van der Waals surface area contributed by atoms with E-state index in [1.165, 1.54) is 12.1 Å². The molecule has 0 radical (unpaired) electrons. The van der Waals surface area contributed by atoms with E-state index in [1.54, 1.807) is 30.4 Å². The van der Waals surface area contributed by atoms with Gasteiger partial charge in [0.2, 0.25) is 0 Å². The Balaban J connectivity index is 2.78. The molecule has 1 aromatic carbocycles. The Bertz CT molecular complexity index is 664. The molecule has 1 aromatic rings. The van der Waals surface area contributed by atoms with Crippen LogP contribution in [0.2, 0.25) is 0 Å². The Morgan fingerprint density at radius 3 is 2.00 bits per heavy atom. The molecular weight excluding hydrogens is 300 g/mol. The van der Waals surface area contributed by atoms with E-state index in [2.05, 4.69) is 26.3 Å². The first kappa shape index (κ1) is 17.8. The van der Waals surface area contributed by atoms with Gasteiger partial charge < -0.3 is 9.84 Å². The molecule has 3 heteroatoms. The van der Waals surface area contributed by atoms with E-state index in [-0.39, 0.29) is 11.5 Å². The zero-order chi connectivity index (χ0) is 17.8. The summed E-state index contributed by atoms with van der Waals surface area (Å²) >= 11 is 0. The molecule has 0 amide bonds. The number of ketones is 1. The van der Waals surface area contributed by atoms with Crippen molar-refractivity contribution in [2.24, 2.45) is 5.41 Å². The lowest BCUT2D eigenvalue weighted by molar-refractivity contribution is -0.0491. The fourth-order valence-corrected chi connectivity index (χ4v) is 3.71. The minimum Gasteiger partial charge on any atom is -0.508 e. The highest BCUT2D eigenvalue weighted by Crippen LogP contribution is 2.54. The van der Waals surface area contributed by atoms with E-state index in [0.717, 1.165) is 0 Å². The molecule has 24 heavy (non-hydrogen) atoms. The molecule has 0 aliphatic carbocycles. The number of phenols is 1. The van der Waals surface area contributed by atoms with Gasteiger partial charge in [-0.3, -0.25) is 4.79 Å². The normalized spacial score (nSPS) is 17.2. The summed E-state index contributed by atoms with van der Waals surface area (Å²) in [5.41, 5.74) is -1.28. The molecule has 0 atom stereocenters. The molecule has 0 aromatic heterocycles. The molecular formula is C21H24O3. The summed E-state index contributed by atoms with van der Waals surface area (Å²) in [6.07, 6.45) is 8.87. The van der Waals surface area contributed by atoms with E-state index < -0.39 is 11.0 Å². The summed E-state index contributed by atoms with van der Waals surface area (Å²) in [6.45, 7) is 15.4. The average Bonchev–Trinajstić information content (AvgIpc) is 2.55. The Morgan fingerprint density at radius 2 is 1.50 bits per heavy atom. The van der Waals surface area contributed by atoms with Crippen molar-refractivity contribution in [3.63, 3.8) is 0 Å². The fraction of sp³-hybridized carbons (Fsp3) is 0.286. The molecule has 1 N–H and O–H groups in total. The van der Waals surface area contributed by atoms with Gasteiger partial charge in [0.1, 0.15) is 17.1 Å². The number of fused-ring (bicyclic) bond motifs is 1. The third kappa shape index (κ3) is 2.60. The SMILES string of the molecule is C=CCC1(CC=C)Oc2ccc(O)cc2C(=O)C1(CC=C)CC=C. The van der Waals surface area contributed by atoms with Crippen LogP contribution in [-0.2, 0) is 0 Å². The van der Waals surface area contributed by atoms with Gasteiger partial charge >= 0.3 is 0 Å². The minimum absolute atomic E-state index is 0.0387. The van der Waals surface area contributed by atoms with Crippen molar-refractivity contribution in [2.45, 2.75) is 31.3 Å². The summed E-state index contributed by atoms with van der Waals surface area (Å²) in [6, 6.07) is 4.62. The lowest BCUT2D eigenvalue weighted by atomic mass is 9.59. The number of benzene rings is 1. The number of phenolic OH excluding ortho intramolecular Hbond substituents is 1. The maximum Gasteiger partial charge on any atom is 0.177 e. The molecule has 0 saturated heterocycles. The Morgan fingerprint density at radius 1 is 0.958 bits per heavy atom. The first-order valence-corrected chi connectivity index (χ1v) is 8.00. The highest BCUT2D eigenvalue weighted by atomic mass is 16.5. The van der Waals surface area contributed by atoms with E-state index >= 15 is 0 Å². The van der Waals surface area contributed by atoms with Crippen molar-refractivity contribution in [1.29, 1.82) is 0 Å². The lowest BCUT2D eigenvalue weighted by Gasteiger charge is -2.51. The van der Waals surface area contributed by atoms with Gasteiger partial charge in [-0.15, -0.1) is 26.3 Å². The molecule has 0 unspecified atom stereocenters. The summed E-state index contributed by atoms with van der Waals surface area (Å²) < 4.78 is 6.38. The van der Waals surface area contributed by atoms with Gasteiger partial charge in [0.05, 0.1) is 11.0 Å². The second-order valence-electron chi connectivity index (χ2n) is 6.16. The number of aromatic hydroxyl groups is 1. The van der Waals surface area contributed by atoms with Gasteiger partial charge in [0.15, 0.2) is 5.78 Å². The highest BCUT2D eigenvalue weighted by Gasteiger charge is 2.58. The number of allylic oxidation sites excluding steroid dienone is 2. The molecule has 1 aliphatic heterocycles. The number of hydrogen-bond donors (Lipinski definition) is 1. The maximum absolute atomic E-state index is 13.5. The summed E-state index contributed by atoms with van der Waals surface area (Å²) in [5.74, 6) is 0.449. The van der Waals surface area contributed by atoms with Crippen LogP contribution in [0.25, 0.3) is 0 Å². The van der Waals surface area contributed by atoms with Gasteiger partial charge in [-0.25, -0.2) is 0 Å². The maximum atomic E-state index is 13.5. The van der Waals surface area contributed by atoms with Gasteiger partial charge in [0.25, 0.3) is 0 Å². The van der Waals surface area contributed by atoms with Crippen LogP contribution in [0, 0.1) is 5.41 Å². The summed E-state index contributed by atoms with van der Waals surface area (Å²) in [4.78, 5) is 13.5. The molecule has 3 nitrogen and oxygen atoms in total. The van der Waals surface area contributed by atoms with E-state index in [9.17, 15) is 9.90 Å². The Labute approximate surface area is 143 Å². The number of ether oxygens (including phenoxy) is 1. The molecule has 0 fully saturated rings. The molecule has 126 valence electrons. The van der Waals surface area contributed by atoms with Gasteiger partial charge in [-0.2, -0.15) is 0 Å². The van der Waals surface area contributed by atoms with Crippen molar-refractivity contribution in [1.82, 2.24) is 0 Å². The van der Waals surface area contributed by atoms with Crippen LogP contribution in [0.3, 0.4) is 0 Å². The largest absolute Gasteiger partial charge is 0.508 e. The Kier molecular flexibility index (Phi) is 5.13. The Hall–Kier alpha value is -2.55. The zero-order valence-corrected chi connectivity index (χ0v) is 14.0. The smallest absolute Gasteiger partial charge is 0.177 e. The predicted molar refractivity (Wildman–Crippen MR) is 97.5 cm³/mol. The minimum atomic E-state index is -0.861. The number of carbonyl (C=O) groups is 1. The first-order valence-electron chi connectivity index (χ1n) is 8.00. The van der Waals surface area contributed by atoms with E-state index in [0.29, 0.717) is 37.0 Å². The monoisotopic (exact) mass is 324 g/mol. The summed E-state index contributed by atoms with van der Waals surface area (Å²) in [5, 5.41) is 9.79. The molecule has 0 saturated carbocycles. The van der Waals surface area contributed by atoms with Crippen LogP contribution in [0.15, 0.2) is 68.8 Å². The van der Waals surface area contributed by atoms with E-state index in [1.807, 2.05) is 0 Å². The number of rotatable bonds is 8. The molecule has 1 aliphatic rings. The standard InChI is InChI=1S/C21H24O3/c1-5-11-20(12-6-2)19(23)17-15-16(22)9-10-18(17)24-21(20,13-7-3)14-8-4/h5-10,15,22H,1-4,11-14H2. The molecule has 0 spiro atoms. The van der Waals surface area contributed by atoms with Gasteiger partial charge in [-0.05, 0) is 31.0 Å². The van der Waals surface area contributed by atoms with Crippen molar-refractivity contribution in [3.05, 3.63) is 74.4 Å². The van der Waals surface area contributed by atoms with Crippen LogP contribution in [-0.4, -0.2) is 16.5 Å². The molecule has 0 bridgehead atoms. The molecule has 2 rings (SSSR count).